The minimum Gasteiger partial charge on any atom is -0.379 e. The third-order valence-electron chi connectivity index (χ3n) is 2.89. The van der Waals surface area contributed by atoms with Crippen molar-refractivity contribution in [1.82, 2.24) is 5.32 Å². The van der Waals surface area contributed by atoms with E-state index in [-0.39, 0.29) is 10.2 Å². The first kappa shape index (κ1) is 14.2. The highest BCUT2D eigenvalue weighted by Gasteiger charge is 2.31. The molecule has 1 fully saturated rings. The lowest BCUT2D eigenvalue weighted by Crippen LogP contribution is -2.48. The Bertz CT molecular complexity index is 505. The van der Waals surface area contributed by atoms with Crippen molar-refractivity contribution in [3.8, 4) is 0 Å². The molecule has 7 heteroatoms. The predicted molar refractivity (Wildman–Crippen MR) is 70.1 cm³/mol. The zero-order valence-corrected chi connectivity index (χ0v) is 11.8. The van der Waals surface area contributed by atoms with Gasteiger partial charge in [-0.15, -0.1) is 0 Å². The Hall–Kier alpha value is -1.21. The summed E-state index contributed by atoms with van der Waals surface area (Å²) >= 11 is 2.87. The van der Waals surface area contributed by atoms with Crippen molar-refractivity contribution in [2.24, 2.45) is 0 Å². The topological polar surface area (TPSA) is 50.4 Å². The molecule has 1 atom stereocenters. The number of ether oxygens (including phenoxy) is 1. The van der Waals surface area contributed by atoms with Gasteiger partial charge in [-0.2, -0.15) is 0 Å². The number of hydrogen-bond donors (Lipinski definition) is 2. The number of nitrogens with one attached hydrogen (secondary N) is 2. The van der Waals surface area contributed by atoms with Crippen LogP contribution >= 0.6 is 15.9 Å². The number of carbonyl (C=O) groups is 1. The number of carbonyl (C=O) groups excluding carboxylic acids is 1. The van der Waals surface area contributed by atoms with E-state index in [0.29, 0.717) is 19.6 Å². The molecule has 1 aromatic rings. The van der Waals surface area contributed by atoms with Crippen molar-refractivity contribution in [1.29, 1.82) is 0 Å². The van der Waals surface area contributed by atoms with Gasteiger partial charge >= 0.3 is 6.03 Å². The number of halogens is 3. The van der Waals surface area contributed by atoms with Gasteiger partial charge in [0.1, 0.15) is 11.6 Å². The fraction of sp³-hybridized carbons (Fsp3) is 0.417. The van der Waals surface area contributed by atoms with Gasteiger partial charge in [-0.05, 0) is 35.3 Å². The van der Waals surface area contributed by atoms with Crippen molar-refractivity contribution < 1.29 is 18.3 Å². The molecular weight excluding hydrogens is 322 g/mol. The van der Waals surface area contributed by atoms with Crippen LogP contribution in [0.5, 0.6) is 0 Å². The summed E-state index contributed by atoms with van der Waals surface area (Å²) in [7, 11) is 0. The molecule has 0 spiro atoms. The van der Waals surface area contributed by atoms with Crippen LogP contribution in [0.1, 0.15) is 13.3 Å². The van der Waals surface area contributed by atoms with E-state index in [9.17, 15) is 13.6 Å². The zero-order chi connectivity index (χ0) is 14.0. The van der Waals surface area contributed by atoms with Crippen molar-refractivity contribution >= 4 is 27.6 Å². The highest BCUT2D eigenvalue weighted by atomic mass is 79.9. The normalized spacial score (nSPS) is 22.3. The SMILES string of the molecule is C[C@]1(NC(=O)Nc2cc(F)c(Br)cc2F)CCOC1. The van der Waals surface area contributed by atoms with Crippen molar-refractivity contribution in [3.05, 3.63) is 28.2 Å². The summed E-state index contributed by atoms with van der Waals surface area (Å²) in [6.07, 6.45) is 0.678. The van der Waals surface area contributed by atoms with Crippen LogP contribution in [0.25, 0.3) is 0 Å². The molecule has 0 bridgehead atoms. The average molecular weight is 335 g/mol. The van der Waals surface area contributed by atoms with Gasteiger partial charge < -0.3 is 15.4 Å². The Labute approximate surface area is 117 Å². The standard InChI is InChI=1S/C12H13BrF2N2O2/c1-12(2-3-19-6-12)17-11(18)16-10-5-8(14)7(13)4-9(10)15/h4-5H,2-3,6H2,1H3,(H2,16,17,18)/t12-/m0/s1. The number of anilines is 1. The van der Waals surface area contributed by atoms with Gasteiger partial charge in [0.2, 0.25) is 0 Å². The van der Waals surface area contributed by atoms with Crippen LogP contribution in [0.2, 0.25) is 0 Å². The van der Waals surface area contributed by atoms with Crippen molar-refractivity contribution in [2.45, 2.75) is 18.9 Å². The Morgan fingerprint density at radius 2 is 2.16 bits per heavy atom. The van der Waals surface area contributed by atoms with Crippen LogP contribution in [0.4, 0.5) is 19.3 Å². The van der Waals surface area contributed by atoms with E-state index in [0.717, 1.165) is 12.1 Å². The quantitative estimate of drug-likeness (QED) is 0.817. The highest BCUT2D eigenvalue weighted by Crippen LogP contribution is 2.24. The maximum Gasteiger partial charge on any atom is 0.319 e. The maximum absolute atomic E-state index is 13.5. The molecule has 1 saturated heterocycles. The molecule has 2 amide bonds. The Morgan fingerprint density at radius 3 is 2.79 bits per heavy atom. The highest BCUT2D eigenvalue weighted by molar-refractivity contribution is 9.10. The Morgan fingerprint density at radius 1 is 1.42 bits per heavy atom. The first-order valence-electron chi connectivity index (χ1n) is 5.71. The molecule has 4 nitrogen and oxygen atoms in total. The van der Waals surface area contributed by atoms with E-state index < -0.39 is 23.2 Å². The lowest BCUT2D eigenvalue weighted by molar-refractivity contribution is 0.172. The molecule has 0 aromatic heterocycles. The molecule has 0 unspecified atom stereocenters. The maximum atomic E-state index is 13.5. The Kier molecular flexibility index (Phi) is 4.05. The van der Waals surface area contributed by atoms with Gasteiger partial charge in [-0.3, -0.25) is 0 Å². The van der Waals surface area contributed by atoms with Gasteiger partial charge in [0.15, 0.2) is 0 Å². The van der Waals surface area contributed by atoms with Crippen LogP contribution in [0, 0.1) is 11.6 Å². The molecule has 1 aromatic carbocycles. The molecule has 19 heavy (non-hydrogen) atoms. The molecule has 0 saturated carbocycles. The molecule has 1 heterocycles. The monoisotopic (exact) mass is 334 g/mol. The fourth-order valence-electron chi connectivity index (χ4n) is 1.81. The van der Waals surface area contributed by atoms with Crippen LogP contribution in [-0.2, 0) is 4.74 Å². The van der Waals surface area contributed by atoms with Crippen LogP contribution in [0.3, 0.4) is 0 Å². The molecule has 0 aliphatic carbocycles. The second kappa shape index (κ2) is 5.42. The fourth-order valence-corrected chi connectivity index (χ4v) is 2.13. The van der Waals surface area contributed by atoms with E-state index in [2.05, 4.69) is 26.6 Å². The summed E-state index contributed by atoms with van der Waals surface area (Å²) in [6.45, 7) is 2.80. The lowest BCUT2D eigenvalue weighted by Gasteiger charge is -2.23. The summed E-state index contributed by atoms with van der Waals surface area (Å²) < 4.78 is 32.0. The summed E-state index contributed by atoms with van der Waals surface area (Å²) in [4.78, 5) is 11.7. The van der Waals surface area contributed by atoms with Crippen LogP contribution in [0.15, 0.2) is 16.6 Å². The van der Waals surface area contributed by atoms with Gasteiger partial charge in [-0.1, -0.05) is 0 Å². The molecule has 0 radical (unpaired) electrons. The van der Waals surface area contributed by atoms with Crippen LogP contribution < -0.4 is 10.6 Å². The second-order valence-corrected chi connectivity index (χ2v) is 5.54. The number of benzene rings is 1. The smallest absolute Gasteiger partial charge is 0.319 e. The zero-order valence-electron chi connectivity index (χ0n) is 10.2. The summed E-state index contributed by atoms with van der Waals surface area (Å²) in [5, 5.41) is 4.98. The molecule has 2 N–H and O–H groups in total. The lowest BCUT2D eigenvalue weighted by atomic mass is 10.0. The molecule has 1 aliphatic rings. The van der Waals surface area contributed by atoms with E-state index in [1.807, 2.05) is 6.92 Å². The summed E-state index contributed by atoms with van der Waals surface area (Å²) in [5.41, 5.74) is -0.685. The number of urea groups is 1. The largest absolute Gasteiger partial charge is 0.379 e. The molecular formula is C12H13BrF2N2O2. The Balaban J connectivity index is 2.05. The van der Waals surface area contributed by atoms with E-state index in [4.69, 9.17) is 4.74 Å². The first-order valence-corrected chi connectivity index (χ1v) is 6.50. The molecule has 104 valence electrons. The first-order chi connectivity index (χ1) is 8.89. The van der Waals surface area contributed by atoms with Crippen LogP contribution in [-0.4, -0.2) is 24.8 Å². The minimum absolute atomic E-state index is 0.00659. The third-order valence-corrected chi connectivity index (χ3v) is 3.50. The van der Waals surface area contributed by atoms with Crippen molar-refractivity contribution in [3.63, 3.8) is 0 Å². The number of hydrogen-bond acceptors (Lipinski definition) is 2. The minimum atomic E-state index is -0.712. The average Bonchev–Trinajstić information content (AvgIpc) is 2.72. The van der Waals surface area contributed by atoms with Gasteiger partial charge in [0.25, 0.3) is 0 Å². The van der Waals surface area contributed by atoms with E-state index in [1.165, 1.54) is 0 Å². The van der Waals surface area contributed by atoms with Gasteiger partial charge in [0.05, 0.1) is 22.3 Å². The summed E-state index contributed by atoms with van der Waals surface area (Å²) in [6, 6.07) is 1.30. The predicted octanol–water partition coefficient (Wildman–Crippen LogP) is 3.03. The molecule has 1 aliphatic heterocycles. The summed E-state index contributed by atoms with van der Waals surface area (Å²) in [5.74, 6) is -1.36. The van der Waals surface area contributed by atoms with E-state index >= 15 is 0 Å². The van der Waals surface area contributed by atoms with E-state index in [1.54, 1.807) is 0 Å². The van der Waals surface area contributed by atoms with Crippen molar-refractivity contribution in [2.75, 3.05) is 18.5 Å². The van der Waals surface area contributed by atoms with Gasteiger partial charge in [0, 0.05) is 12.7 Å². The third kappa shape index (κ3) is 3.42. The molecule has 2 rings (SSSR count). The second-order valence-electron chi connectivity index (χ2n) is 4.69. The number of amides is 2. The van der Waals surface area contributed by atoms with Gasteiger partial charge in [-0.25, -0.2) is 13.6 Å². The number of rotatable bonds is 2.